The summed E-state index contributed by atoms with van der Waals surface area (Å²) < 4.78 is 0. The molecule has 4 rings (SSSR count). The summed E-state index contributed by atoms with van der Waals surface area (Å²) in [7, 11) is 0. The topological polar surface area (TPSA) is 39.7 Å². The van der Waals surface area contributed by atoms with Gasteiger partial charge in [0, 0.05) is 66.5 Å². The van der Waals surface area contributed by atoms with Gasteiger partial charge in [0.25, 0.3) is 5.91 Å². The molecular formula is C20H25ClN4OS. The normalized spacial score (nSPS) is 23.2. The number of carbonyl (C=O) groups is 1. The Morgan fingerprint density at radius 3 is 2.74 bits per heavy atom. The summed E-state index contributed by atoms with van der Waals surface area (Å²) >= 11 is 7.68. The standard InChI is InChI=1S/C20H25ClN4OS/c1-20(2)14-24(19(26)15-3-5-16(21)6-4-15)12-17-11-23(8-9-25(17)20)13-18-22-7-10-27-18/h3-7,10,17H,8-9,11-14H2,1-2H3. The maximum absolute atomic E-state index is 13.1. The molecule has 2 aliphatic rings. The lowest BCUT2D eigenvalue weighted by molar-refractivity contribution is -0.0577. The molecule has 2 fully saturated rings. The zero-order valence-corrected chi connectivity index (χ0v) is 17.3. The molecule has 2 aliphatic heterocycles. The monoisotopic (exact) mass is 404 g/mol. The van der Waals surface area contributed by atoms with E-state index in [0.29, 0.717) is 16.6 Å². The predicted molar refractivity (Wildman–Crippen MR) is 109 cm³/mol. The summed E-state index contributed by atoms with van der Waals surface area (Å²) in [6.45, 7) is 9.95. The number of nitrogens with zero attached hydrogens (tertiary/aromatic N) is 4. The first kappa shape index (κ1) is 18.9. The van der Waals surface area contributed by atoms with Gasteiger partial charge in [-0.25, -0.2) is 4.98 Å². The van der Waals surface area contributed by atoms with E-state index < -0.39 is 0 Å². The van der Waals surface area contributed by atoms with Gasteiger partial charge in [0.05, 0.1) is 6.54 Å². The molecule has 0 N–H and O–H groups in total. The minimum Gasteiger partial charge on any atom is -0.335 e. The average Bonchev–Trinajstić information content (AvgIpc) is 3.14. The van der Waals surface area contributed by atoms with Gasteiger partial charge in [0.2, 0.25) is 0 Å². The van der Waals surface area contributed by atoms with Crippen LogP contribution in [0.15, 0.2) is 35.8 Å². The predicted octanol–water partition coefficient (Wildman–Crippen LogP) is 3.22. The quantitative estimate of drug-likeness (QED) is 0.787. The third-order valence-corrected chi connectivity index (χ3v) is 6.59. The SMILES string of the molecule is CC1(C)CN(C(=O)c2ccc(Cl)cc2)CC2CN(Cc3nccs3)CCN21. The molecular weight excluding hydrogens is 380 g/mol. The lowest BCUT2D eigenvalue weighted by Gasteiger charge is -2.55. The van der Waals surface area contributed by atoms with Crippen molar-refractivity contribution in [1.82, 2.24) is 19.7 Å². The molecule has 1 atom stereocenters. The van der Waals surface area contributed by atoms with Crippen LogP contribution < -0.4 is 0 Å². The zero-order chi connectivity index (χ0) is 19.0. The molecule has 1 aromatic carbocycles. The molecule has 27 heavy (non-hydrogen) atoms. The average molecular weight is 405 g/mol. The van der Waals surface area contributed by atoms with Crippen LogP contribution in [0.2, 0.25) is 5.02 Å². The number of carbonyl (C=O) groups excluding carboxylic acids is 1. The Kier molecular flexibility index (Phi) is 5.25. The van der Waals surface area contributed by atoms with E-state index in [4.69, 9.17) is 11.6 Å². The van der Waals surface area contributed by atoms with Gasteiger partial charge in [0.1, 0.15) is 5.01 Å². The van der Waals surface area contributed by atoms with Crippen molar-refractivity contribution < 1.29 is 4.79 Å². The fourth-order valence-corrected chi connectivity index (χ4v) is 5.13. The van der Waals surface area contributed by atoms with Gasteiger partial charge in [-0.05, 0) is 38.1 Å². The highest BCUT2D eigenvalue weighted by Crippen LogP contribution is 2.29. The van der Waals surface area contributed by atoms with Crippen LogP contribution >= 0.6 is 22.9 Å². The van der Waals surface area contributed by atoms with Gasteiger partial charge in [-0.15, -0.1) is 11.3 Å². The minimum atomic E-state index is -0.0295. The van der Waals surface area contributed by atoms with Crippen molar-refractivity contribution >= 4 is 28.8 Å². The Balaban J connectivity index is 1.48. The first-order valence-corrected chi connectivity index (χ1v) is 10.6. The molecule has 0 spiro atoms. The highest BCUT2D eigenvalue weighted by atomic mass is 35.5. The van der Waals surface area contributed by atoms with Crippen LogP contribution in [0.1, 0.15) is 29.2 Å². The van der Waals surface area contributed by atoms with E-state index in [9.17, 15) is 4.79 Å². The molecule has 0 aliphatic carbocycles. The Morgan fingerprint density at radius 2 is 2.04 bits per heavy atom. The lowest BCUT2D eigenvalue weighted by Crippen LogP contribution is -2.70. The van der Waals surface area contributed by atoms with E-state index in [1.165, 1.54) is 0 Å². The van der Waals surface area contributed by atoms with Crippen molar-refractivity contribution in [3.8, 4) is 0 Å². The summed E-state index contributed by atoms with van der Waals surface area (Å²) in [5.74, 6) is 0.0939. The smallest absolute Gasteiger partial charge is 0.253 e. The van der Waals surface area contributed by atoms with Crippen LogP contribution in [0.25, 0.3) is 0 Å². The van der Waals surface area contributed by atoms with Crippen molar-refractivity contribution in [2.24, 2.45) is 0 Å². The van der Waals surface area contributed by atoms with Crippen molar-refractivity contribution in [3.63, 3.8) is 0 Å². The molecule has 2 aromatic rings. The molecule has 144 valence electrons. The van der Waals surface area contributed by atoms with Crippen molar-refractivity contribution in [2.75, 3.05) is 32.7 Å². The number of piperazine rings is 2. The highest BCUT2D eigenvalue weighted by Gasteiger charge is 2.43. The van der Waals surface area contributed by atoms with Crippen molar-refractivity contribution in [2.45, 2.75) is 32.0 Å². The number of thiazole rings is 1. The molecule has 0 saturated carbocycles. The Labute approximate surface area is 169 Å². The maximum atomic E-state index is 13.1. The third kappa shape index (κ3) is 4.04. The summed E-state index contributed by atoms with van der Waals surface area (Å²) in [4.78, 5) is 24.5. The second-order valence-corrected chi connectivity index (χ2v) is 9.43. The summed E-state index contributed by atoms with van der Waals surface area (Å²) in [5.41, 5.74) is 0.678. The third-order valence-electron chi connectivity index (χ3n) is 5.57. The molecule has 1 aromatic heterocycles. The first-order chi connectivity index (χ1) is 12.9. The van der Waals surface area contributed by atoms with E-state index >= 15 is 0 Å². The van der Waals surface area contributed by atoms with Gasteiger partial charge in [-0.2, -0.15) is 0 Å². The van der Waals surface area contributed by atoms with Crippen molar-refractivity contribution in [3.05, 3.63) is 51.4 Å². The van der Waals surface area contributed by atoms with E-state index in [2.05, 4.69) is 28.6 Å². The van der Waals surface area contributed by atoms with Crippen LogP contribution in [0.4, 0.5) is 0 Å². The molecule has 5 nitrogen and oxygen atoms in total. The molecule has 2 saturated heterocycles. The van der Waals surface area contributed by atoms with Gasteiger partial charge in [0.15, 0.2) is 0 Å². The minimum absolute atomic E-state index is 0.0295. The summed E-state index contributed by atoms with van der Waals surface area (Å²) in [5, 5.41) is 3.84. The van der Waals surface area contributed by atoms with Crippen LogP contribution in [-0.4, -0.2) is 69.9 Å². The second-order valence-electron chi connectivity index (χ2n) is 8.01. The zero-order valence-electron chi connectivity index (χ0n) is 15.8. The largest absolute Gasteiger partial charge is 0.335 e. The van der Waals surface area contributed by atoms with Crippen LogP contribution in [0, 0.1) is 0 Å². The first-order valence-electron chi connectivity index (χ1n) is 9.35. The Morgan fingerprint density at radius 1 is 1.26 bits per heavy atom. The number of aromatic nitrogens is 1. The van der Waals surface area contributed by atoms with Gasteiger partial charge in [-0.3, -0.25) is 14.6 Å². The Hall–Kier alpha value is -1.47. The number of benzene rings is 1. The number of amides is 1. The molecule has 0 bridgehead atoms. The van der Waals surface area contributed by atoms with Gasteiger partial charge >= 0.3 is 0 Å². The number of rotatable bonds is 3. The van der Waals surface area contributed by atoms with E-state index in [-0.39, 0.29) is 11.4 Å². The van der Waals surface area contributed by atoms with Crippen LogP contribution in [-0.2, 0) is 6.54 Å². The number of hydrogen-bond acceptors (Lipinski definition) is 5. The van der Waals surface area contributed by atoms with E-state index in [0.717, 1.165) is 44.3 Å². The number of hydrogen-bond donors (Lipinski definition) is 0. The van der Waals surface area contributed by atoms with Gasteiger partial charge in [-0.1, -0.05) is 11.6 Å². The molecule has 3 heterocycles. The maximum Gasteiger partial charge on any atom is 0.253 e. The number of fused-ring (bicyclic) bond motifs is 1. The van der Waals surface area contributed by atoms with Gasteiger partial charge < -0.3 is 4.90 Å². The van der Waals surface area contributed by atoms with E-state index in [1.54, 1.807) is 23.5 Å². The molecule has 0 radical (unpaired) electrons. The molecule has 7 heteroatoms. The number of halogens is 1. The van der Waals surface area contributed by atoms with E-state index in [1.807, 2.05) is 28.6 Å². The molecule has 1 unspecified atom stereocenters. The van der Waals surface area contributed by atoms with Crippen LogP contribution in [0.3, 0.4) is 0 Å². The van der Waals surface area contributed by atoms with Crippen molar-refractivity contribution in [1.29, 1.82) is 0 Å². The fourth-order valence-electron chi connectivity index (χ4n) is 4.35. The summed E-state index contributed by atoms with van der Waals surface area (Å²) in [6.07, 6.45) is 1.87. The molecule has 1 amide bonds. The van der Waals surface area contributed by atoms with Crippen LogP contribution in [0.5, 0.6) is 0 Å². The second kappa shape index (κ2) is 7.51. The highest BCUT2D eigenvalue weighted by molar-refractivity contribution is 7.09. The lowest BCUT2D eigenvalue weighted by atomic mass is 9.92. The summed E-state index contributed by atoms with van der Waals surface area (Å²) in [6, 6.07) is 7.55. The fraction of sp³-hybridized carbons (Fsp3) is 0.500. The Bertz CT molecular complexity index is 793.